The maximum Gasteiger partial charge on any atom is 0.254 e. The summed E-state index contributed by atoms with van der Waals surface area (Å²) in [6.07, 6.45) is 2.73. The van der Waals surface area contributed by atoms with Gasteiger partial charge in [0.2, 0.25) is 5.91 Å². The number of amides is 2. The number of anilines is 2. The van der Waals surface area contributed by atoms with Crippen molar-refractivity contribution in [1.29, 1.82) is 0 Å². The quantitative estimate of drug-likeness (QED) is 0.769. The summed E-state index contributed by atoms with van der Waals surface area (Å²) in [6.45, 7) is 1.02. The Morgan fingerprint density at radius 3 is 2.24 bits per heavy atom. The number of aromatic nitrogens is 1. The molecule has 1 saturated heterocycles. The predicted octanol–water partition coefficient (Wildman–Crippen LogP) is 2.59. The summed E-state index contributed by atoms with van der Waals surface area (Å²) in [5.41, 5.74) is 6.67. The zero-order valence-corrected chi connectivity index (χ0v) is 17.2. The van der Waals surface area contributed by atoms with Crippen molar-refractivity contribution in [2.75, 3.05) is 38.4 Å². The van der Waals surface area contributed by atoms with E-state index in [1.807, 2.05) is 0 Å². The third-order valence-electron chi connectivity index (χ3n) is 4.81. The number of likely N-dealkylation sites (tertiary alicyclic amines) is 1. The number of rotatable bonds is 5. The lowest BCUT2D eigenvalue weighted by atomic mass is 9.95. The molecule has 2 aromatic rings. The second-order valence-corrected chi connectivity index (χ2v) is 6.63. The number of carbonyl (C=O) groups excluding carboxylic acids is 2. The van der Waals surface area contributed by atoms with E-state index in [1.54, 1.807) is 49.5 Å². The molecule has 0 saturated carbocycles. The largest absolute Gasteiger partial charge is 0.497 e. The normalized spacial score (nSPS) is 13.9. The van der Waals surface area contributed by atoms with E-state index >= 15 is 0 Å². The minimum Gasteiger partial charge on any atom is -0.497 e. The molecule has 9 heteroatoms. The number of halogens is 1. The van der Waals surface area contributed by atoms with Crippen LogP contribution in [-0.4, -0.2) is 49.0 Å². The van der Waals surface area contributed by atoms with E-state index in [9.17, 15) is 9.59 Å². The Bertz CT molecular complexity index is 830. The number of carbonyl (C=O) groups is 2. The molecule has 3 N–H and O–H groups in total. The smallest absolute Gasteiger partial charge is 0.254 e. The van der Waals surface area contributed by atoms with Crippen LogP contribution < -0.4 is 20.5 Å². The van der Waals surface area contributed by atoms with Crippen LogP contribution in [0.15, 0.2) is 36.5 Å². The molecule has 29 heavy (non-hydrogen) atoms. The Labute approximate surface area is 175 Å². The second-order valence-electron chi connectivity index (χ2n) is 6.63. The fourth-order valence-corrected chi connectivity index (χ4v) is 3.18. The van der Waals surface area contributed by atoms with Gasteiger partial charge >= 0.3 is 0 Å². The Balaban J connectivity index is 0.00000300. The molecule has 2 heterocycles. The van der Waals surface area contributed by atoms with Crippen LogP contribution >= 0.6 is 12.4 Å². The highest BCUT2D eigenvalue weighted by molar-refractivity contribution is 5.96. The molecule has 2 amide bonds. The monoisotopic (exact) mass is 420 g/mol. The fourth-order valence-electron chi connectivity index (χ4n) is 3.18. The lowest BCUT2D eigenvalue weighted by Gasteiger charge is -2.31. The molecule has 1 aliphatic heterocycles. The molecule has 0 spiro atoms. The number of nitrogens with one attached hydrogen (secondary N) is 1. The molecule has 0 radical (unpaired) electrons. The van der Waals surface area contributed by atoms with Gasteiger partial charge in [-0.2, -0.15) is 0 Å². The lowest BCUT2D eigenvalue weighted by molar-refractivity contribution is -0.121. The van der Waals surface area contributed by atoms with Crippen molar-refractivity contribution < 1.29 is 19.1 Å². The minimum atomic E-state index is -0.151. The van der Waals surface area contributed by atoms with Gasteiger partial charge in [-0.15, -0.1) is 12.4 Å². The summed E-state index contributed by atoms with van der Waals surface area (Å²) in [7, 11) is 3.09. The lowest BCUT2D eigenvalue weighted by Crippen LogP contribution is -2.41. The van der Waals surface area contributed by atoms with E-state index in [0.29, 0.717) is 54.5 Å². The van der Waals surface area contributed by atoms with Gasteiger partial charge in [0.1, 0.15) is 17.3 Å². The van der Waals surface area contributed by atoms with Crippen LogP contribution in [0.1, 0.15) is 23.2 Å². The zero-order chi connectivity index (χ0) is 20.1. The summed E-state index contributed by atoms with van der Waals surface area (Å²) < 4.78 is 10.5. The van der Waals surface area contributed by atoms with Crippen molar-refractivity contribution in [2.24, 2.45) is 5.92 Å². The maximum atomic E-state index is 12.8. The van der Waals surface area contributed by atoms with E-state index in [2.05, 4.69) is 10.3 Å². The third kappa shape index (κ3) is 5.51. The van der Waals surface area contributed by atoms with Gasteiger partial charge in [-0.1, -0.05) is 0 Å². The number of nitrogens with two attached hydrogens (primary N) is 1. The van der Waals surface area contributed by atoms with E-state index in [4.69, 9.17) is 15.2 Å². The number of ether oxygens (including phenoxy) is 2. The number of methoxy groups -OCH3 is 2. The molecule has 1 aromatic heterocycles. The van der Waals surface area contributed by atoms with Crippen molar-refractivity contribution in [3.8, 4) is 11.5 Å². The van der Waals surface area contributed by atoms with Gasteiger partial charge < -0.3 is 25.4 Å². The van der Waals surface area contributed by atoms with Crippen molar-refractivity contribution in [1.82, 2.24) is 9.88 Å². The van der Waals surface area contributed by atoms with Crippen LogP contribution in [0.4, 0.5) is 11.5 Å². The van der Waals surface area contributed by atoms with Crippen LogP contribution in [0.3, 0.4) is 0 Å². The van der Waals surface area contributed by atoms with E-state index in [1.165, 1.54) is 6.20 Å². The van der Waals surface area contributed by atoms with Crippen LogP contribution in [0, 0.1) is 5.92 Å². The molecule has 8 nitrogen and oxygen atoms in total. The highest BCUT2D eigenvalue weighted by Gasteiger charge is 2.28. The van der Waals surface area contributed by atoms with Crippen LogP contribution in [-0.2, 0) is 4.79 Å². The topological polar surface area (TPSA) is 107 Å². The number of hydrogen-bond acceptors (Lipinski definition) is 6. The molecule has 156 valence electrons. The standard InChI is InChI=1S/C20H24N4O4.ClH/c1-27-16-9-14(10-17(11-16)28-2)20(26)24-7-5-13(6-8-24)19(25)23-15-3-4-18(21)22-12-15;/h3-4,9-13H,5-8H2,1-2H3,(H2,21,22)(H,23,25);1H. The first-order valence-corrected chi connectivity index (χ1v) is 9.05. The molecule has 0 atom stereocenters. The molecule has 1 fully saturated rings. The van der Waals surface area contributed by atoms with Crippen molar-refractivity contribution in [3.05, 3.63) is 42.1 Å². The number of benzene rings is 1. The van der Waals surface area contributed by atoms with Gasteiger partial charge in [0.15, 0.2) is 0 Å². The summed E-state index contributed by atoms with van der Waals surface area (Å²) in [5, 5.41) is 2.85. The molecule has 1 aromatic carbocycles. The molecule has 0 unspecified atom stereocenters. The van der Waals surface area contributed by atoms with E-state index in [-0.39, 0.29) is 30.1 Å². The average Bonchev–Trinajstić information content (AvgIpc) is 2.74. The number of nitrogens with zero attached hydrogens (tertiary/aromatic N) is 2. The summed E-state index contributed by atoms with van der Waals surface area (Å²) in [5.74, 6) is 1.21. The number of piperidine rings is 1. The molecular formula is C20H25ClN4O4. The summed E-state index contributed by atoms with van der Waals surface area (Å²) in [6, 6.07) is 8.46. The van der Waals surface area contributed by atoms with E-state index < -0.39 is 0 Å². The zero-order valence-electron chi connectivity index (χ0n) is 16.4. The van der Waals surface area contributed by atoms with Gasteiger partial charge in [-0.3, -0.25) is 9.59 Å². The van der Waals surface area contributed by atoms with Crippen LogP contribution in [0.25, 0.3) is 0 Å². The van der Waals surface area contributed by atoms with Crippen molar-refractivity contribution >= 4 is 35.7 Å². The van der Waals surface area contributed by atoms with Gasteiger partial charge in [0, 0.05) is 30.6 Å². The maximum absolute atomic E-state index is 12.8. The fraction of sp³-hybridized carbons (Fsp3) is 0.350. The first-order chi connectivity index (χ1) is 13.5. The molecule has 0 aliphatic carbocycles. The second kappa shape index (κ2) is 9.97. The SMILES string of the molecule is COc1cc(OC)cc(C(=O)N2CCC(C(=O)Nc3ccc(N)nc3)CC2)c1.Cl. The Morgan fingerprint density at radius 1 is 1.10 bits per heavy atom. The number of nitrogen functional groups attached to an aromatic ring is 1. The first kappa shape index (κ1) is 22.3. The number of pyridine rings is 1. The molecule has 0 bridgehead atoms. The van der Waals surface area contributed by atoms with Crippen LogP contribution in [0.2, 0.25) is 0 Å². The van der Waals surface area contributed by atoms with Gasteiger partial charge in [-0.05, 0) is 37.1 Å². The highest BCUT2D eigenvalue weighted by atomic mass is 35.5. The number of hydrogen-bond donors (Lipinski definition) is 2. The summed E-state index contributed by atoms with van der Waals surface area (Å²) >= 11 is 0. The molecule has 3 rings (SSSR count). The first-order valence-electron chi connectivity index (χ1n) is 9.05. The Morgan fingerprint density at radius 2 is 1.72 bits per heavy atom. The minimum absolute atomic E-state index is 0. The summed E-state index contributed by atoms with van der Waals surface area (Å²) in [4.78, 5) is 31.0. The third-order valence-corrected chi connectivity index (χ3v) is 4.81. The van der Waals surface area contributed by atoms with Gasteiger partial charge in [0.05, 0.1) is 26.1 Å². The van der Waals surface area contributed by atoms with E-state index in [0.717, 1.165) is 0 Å². The Hall–Kier alpha value is -3.00. The average molecular weight is 421 g/mol. The Kier molecular flexibility index (Phi) is 7.67. The van der Waals surface area contributed by atoms with Gasteiger partial charge in [-0.25, -0.2) is 4.98 Å². The highest BCUT2D eigenvalue weighted by Crippen LogP contribution is 2.26. The predicted molar refractivity (Wildman–Crippen MR) is 113 cm³/mol. The van der Waals surface area contributed by atoms with Crippen molar-refractivity contribution in [3.63, 3.8) is 0 Å². The molecule has 1 aliphatic rings. The molecular weight excluding hydrogens is 396 g/mol. The van der Waals surface area contributed by atoms with Crippen molar-refractivity contribution in [2.45, 2.75) is 12.8 Å². The van der Waals surface area contributed by atoms with Gasteiger partial charge in [0.25, 0.3) is 5.91 Å². The van der Waals surface area contributed by atoms with Crippen LogP contribution in [0.5, 0.6) is 11.5 Å².